The standard InChI is InChI=1S/C12H14ClFN2O2/c13-10-4-3-8(6-11(10)14)15-12(18)16-5-1-2-9(17)7-16/h3-4,6,9,17H,1-2,5,7H2,(H,15,18). The summed E-state index contributed by atoms with van der Waals surface area (Å²) in [7, 11) is 0. The van der Waals surface area contributed by atoms with E-state index in [0.29, 0.717) is 25.2 Å². The number of amides is 2. The highest BCUT2D eigenvalue weighted by Crippen LogP contribution is 2.19. The lowest BCUT2D eigenvalue weighted by molar-refractivity contribution is 0.0883. The van der Waals surface area contributed by atoms with Crippen molar-refractivity contribution in [3.05, 3.63) is 29.0 Å². The Hall–Kier alpha value is -1.33. The van der Waals surface area contributed by atoms with Crippen LogP contribution in [-0.2, 0) is 0 Å². The SMILES string of the molecule is O=C(Nc1ccc(Cl)c(F)c1)N1CCCC(O)C1. The Kier molecular flexibility index (Phi) is 4.04. The molecule has 98 valence electrons. The summed E-state index contributed by atoms with van der Waals surface area (Å²) in [4.78, 5) is 13.4. The molecule has 1 aromatic carbocycles. The number of carbonyl (C=O) groups excluding carboxylic acids is 1. The maximum Gasteiger partial charge on any atom is 0.321 e. The van der Waals surface area contributed by atoms with Crippen LogP contribution in [0, 0.1) is 5.82 Å². The van der Waals surface area contributed by atoms with Gasteiger partial charge in [-0.15, -0.1) is 0 Å². The second kappa shape index (κ2) is 5.54. The minimum absolute atomic E-state index is 0.0152. The van der Waals surface area contributed by atoms with E-state index in [0.717, 1.165) is 6.42 Å². The summed E-state index contributed by atoms with van der Waals surface area (Å²) >= 11 is 5.55. The number of piperidine rings is 1. The van der Waals surface area contributed by atoms with Gasteiger partial charge in [-0.05, 0) is 31.0 Å². The molecule has 1 fully saturated rings. The van der Waals surface area contributed by atoms with Crippen molar-refractivity contribution in [2.24, 2.45) is 0 Å². The van der Waals surface area contributed by atoms with Gasteiger partial charge < -0.3 is 15.3 Å². The summed E-state index contributed by atoms with van der Waals surface area (Å²) < 4.78 is 13.2. The van der Waals surface area contributed by atoms with Gasteiger partial charge in [0.05, 0.1) is 11.1 Å². The van der Waals surface area contributed by atoms with Crippen LogP contribution in [-0.4, -0.2) is 35.2 Å². The fourth-order valence-electron chi connectivity index (χ4n) is 1.92. The molecule has 0 bridgehead atoms. The van der Waals surface area contributed by atoms with Crippen molar-refractivity contribution in [2.75, 3.05) is 18.4 Å². The zero-order valence-electron chi connectivity index (χ0n) is 9.70. The monoisotopic (exact) mass is 272 g/mol. The average Bonchev–Trinajstić information content (AvgIpc) is 2.34. The van der Waals surface area contributed by atoms with E-state index in [2.05, 4.69) is 5.32 Å². The van der Waals surface area contributed by atoms with Crippen LogP contribution < -0.4 is 5.32 Å². The van der Waals surface area contributed by atoms with E-state index in [1.165, 1.54) is 23.1 Å². The van der Waals surface area contributed by atoms with Gasteiger partial charge in [0.1, 0.15) is 5.82 Å². The van der Waals surface area contributed by atoms with E-state index < -0.39 is 11.9 Å². The zero-order chi connectivity index (χ0) is 13.1. The van der Waals surface area contributed by atoms with Crippen molar-refractivity contribution in [2.45, 2.75) is 18.9 Å². The molecule has 1 aliphatic rings. The number of aliphatic hydroxyl groups excluding tert-OH is 1. The van der Waals surface area contributed by atoms with Crippen molar-refractivity contribution in [3.63, 3.8) is 0 Å². The maximum absolute atomic E-state index is 13.2. The predicted octanol–water partition coefficient (Wildman–Crippen LogP) is 2.47. The highest BCUT2D eigenvalue weighted by Gasteiger charge is 2.22. The molecule has 2 amide bonds. The van der Waals surface area contributed by atoms with Gasteiger partial charge in [0.15, 0.2) is 0 Å². The van der Waals surface area contributed by atoms with Crippen LogP contribution in [0.1, 0.15) is 12.8 Å². The molecule has 2 rings (SSSR count). The van der Waals surface area contributed by atoms with Crippen molar-refractivity contribution in [1.82, 2.24) is 4.90 Å². The summed E-state index contributed by atoms with van der Waals surface area (Å²) in [6, 6.07) is 3.75. The van der Waals surface area contributed by atoms with Crippen LogP contribution in [0.2, 0.25) is 5.02 Å². The van der Waals surface area contributed by atoms with Gasteiger partial charge in [-0.1, -0.05) is 11.6 Å². The van der Waals surface area contributed by atoms with Crippen molar-refractivity contribution < 1.29 is 14.3 Å². The van der Waals surface area contributed by atoms with Crippen LogP contribution in [0.25, 0.3) is 0 Å². The Morgan fingerprint density at radius 3 is 3.00 bits per heavy atom. The molecule has 0 radical (unpaired) electrons. The first-order valence-corrected chi connectivity index (χ1v) is 6.13. The van der Waals surface area contributed by atoms with E-state index in [1.54, 1.807) is 0 Å². The number of hydrogen-bond acceptors (Lipinski definition) is 2. The summed E-state index contributed by atoms with van der Waals surface area (Å²) in [5, 5.41) is 12.1. The number of anilines is 1. The molecule has 1 heterocycles. The molecule has 4 nitrogen and oxygen atoms in total. The van der Waals surface area contributed by atoms with Crippen molar-refractivity contribution in [1.29, 1.82) is 0 Å². The van der Waals surface area contributed by atoms with Crippen LogP contribution >= 0.6 is 11.6 Å². The fraction of sp³-hybridized carbons (Fsp3) is 0.417. The summed E-state index contributed by atoms with van der Waals surface area (Å²) in [6.45, 7) is 0.904. The molecule has 0 aromatic heterocycles. The molecule has 1 aliphatic heterocycles. The molecule has 18 heavy (non-hydrogen) atoms. The van der Waals surface area contributed by atoms with Crippen LogP contribution in [0.5, 0.6) is 0 Å². The molecular weight excluding hydrogens is 259 g/mol. The molecule has 0 aliphatic carbocycles. The minimum atomic E-state index is -0.576. The van der Waals surface area contributed by atoms with E-state index in [9.17, 15) is 14.3 Å². The molecule has 6 heteroatoms. The molecule has 2 N–H and O–H groups in total. The summed E-state index contributed by atoms with van der Waals surface area (Å²) in [5.74, 6) is -0.576. The second-order valence-electron chi connectivity index (χ2n) is 4.30. The van der Waals surface area contributed by atoms with E-state index in [4.69, 9.17) is 11.6 Å². The lowest BCUT2D eigenvalue weighted by Gasteiger charge is -2.30. The highest BCUT2D eigenvalue weighted by atomic mass is 35.5. The van der Waals surface area contributed by atoms with Gasteiger partial charge in [-0.2, -0.15) is 0 Å². The fourth-order valence-corrected chi connectivity index (χ4v) is 2.03. The normalized spacial score (nSPS) is 19.7. The second-order valence-corrected chi connectivity index (χ2v) is 4.71. The number of nitrogens with zero attached hydrogens (tertiary/aromatic N) is 1. The molecule has 1 atom stereocenters. The first kappa shape index (κ1) is 13.1. The van der Waals surface area contributed by atoms with E-state index in [-0.39, 0.29) is 11.1 Å². The van der Waals surface area contributed by atoms with Gasteiger partial charge in [0, 0.05) is 18.8 Å². The lowest BCUT2D eigenvalue weighted by Crippen LogP contribution is -2.44. The first-order chi connectivity index (χ1) is 8.56. The molecule has 1 aromatic rings. The van der Waals surface area contributed by atoms with Gasteiger partial charge in [0.25, 0.3) is 0 Å². The summed E-state index contributed by atoms with van der Waals surface area (Å²) in [5.41, 5.74) is 0.349. The minimum Gasteiger partial charge on any atom is -0.391 e. The van der Waals surface area contributed by atoms with Crippen LogP contribution in [0.4, 0.5) is 14.9 Å². The van der Waals surface area contributed by atoms with Gasteiger partial charge in [0.2, 0.25) is 0 Å². The number of halogens is 2. The van der Waals surface area contributed by atoms with Gasteiger partial charge >= 0.3 is 6.03 Å². The number of likely N-dealkylation sites (tertiary alicyclic amines) is 1. The third kappa shape index (κ3) is 3.11. The summed E-state index contributed by atoms with van der Waals surface area (Å²) in [6.07, 6.45) is 0.995. The number of carbonyl (C=O) groups is 1. The van der Waals surface area contributed by atoms with Crippen LogP contribution in [0.15, 0.2) is 18.2 Å². The molecular formula is C12H14ClFN2O2. The zero-order valence-corrected chi connectivity index (χ0v) is 10.5. The highest BCUT2D eigenvalue weighted by molar-refractivity contribution is 6.30. The van der Waals surface area contributed by atoms with E-state index >= 15 is 0 Å². The van der Waals surface area contributed by atoms with Crippen LogP contribution in [0.3, 0.4) is 0 Å². The number of nitrogens with one attached hydrogen (secondary N) is 1. The predicted molar refractivity (Wildman–Crippen MR) is 67.2 cm³/mol. The molecule has 0 saturated carbocycles. The first-order valence-electron chi connectivity index (χ1n) is 5.75. The third-order valence-corrected chi connectivity index (χ3v) is 3.16. The lowest BCUT2D eigenvalue weighted by atomic mass is 10.1. The number of urea groups is 1. The topological polar surface area (TPSA) is 52.6 Å². The quantitative estimate of drug-likeness (QED) is 0.825. The Balaban J connectivity index is 2.00. The number of hydrogen-bond donors (Lipinski definition) is 2. The number of rotatable bonds is 1. The largest absolute Gasteiger partial charge is 0.391 e. The van der Waals surface area contributed by atoms with E-state index in [1.807, 2.05) is 0 Å². The third-order valence-electron chi connectivity index (χ3n) is 2.85. The Morgan fingerprint density at radius 2 is 2.33 bits per heavy atom. The Labute approximate surface area is 109 Å². The maximum atomic E-state index is 13.2. The number of β-amino-alcohol motifs (C(OH)–C–C–N with tert-alkyl or cyclic N) is 1. The smallest absolute Gasteiger partial charge is 0.321 e. The molecule has 1 unspecified atom stereocenters. The van der Waals surface area contributed by atoms with Gasteiger partial charge in [-0.3, -0.25) is 0 Å². The van der Waals surface area contributed by atoms with Gasteiger partial charge in [-0.25, -0.2) is 9.18 Å². The molecule has 0 spiro atoms. The average molecular weight is 273 g/mol. The van der Waals surface area contributed by atoms with Crippen molar-refractivity contribution in [3.8, 4) is 0 Å². The Morgan fingerprint density at radius 1 is 1.56 bits per heavy atom. The molecule has 1 saturated heterocycles. The number of aliphatic hydroxyl groups is 1. The number of benzene rings is 1. The van der Waals surface area contributed by atoms with Crippen molar-refractivity contribution >= 4 is 23.3 Å². The Bertz CT molecular complexity index is 456.